The number of anilines is 1. The number of nitrogens with zero attached hydrogens (tertiary/aromatic N) is 1. The number of hydrogen-bond acceptors (Lipinski definition) is 7. The van der Waals surface area contributed by atoms with Crippen LogP contribution in [0.4, 0.5) is 5.69 Å². The second-order valence-corrected chi connectivity index (χ2v) is 10.9. The number of fused-ring (bicyclic) bond motifs is 4. The van der Waals surface area contributed by atoms with Gasteiger partial charge in [-0.3, -0.25) is 4.31 Å². The first-order valence-corrected chi connectivity index (χ1v) is 13.6. The van der Waals surface area contributed by atoms with Crippen molar-refractivity contribution < 1.29 is 27.8 Å². The molecule has 0 saturated heterocycles. The number of benzene rings is 2. The number of nitrogens with one attached hydrogen (secondary N) is 2. The second-order valence-electron chi connectivity index (χ2n) is 9.04. The Bertz CT molecular complexity index is 1370. The van der Waals surface area contributed by atoms with Crippen LogP contribution in [0.2, 0.25) is 0 Å². The van der Waals surface area contributed by atoms with Gasteiger partial charge in [0.05, 0.1) is 18.0 Å². The maximum absolute atomic E-state index is 12.1. The summed E-state index contributed by atoms with van der Waals surface area (Å²) >= 11 is 0. The molecule has 1 aromatic heterocycles. The van der Waals surface area contributed by atoms with E-state index in [2.05, 4.69) is 16.4 Å². The van der Waals surface area contributed by atoms with Crippen LogP contribution in [-0.4, -0.2) is 57.0 Å². The van der Waals surface area contributed by atoms with E-state index in [1.807, 2.05) is 12.1 Å². The summed E-state index contributed by atoms with van der Waals surface area (Å²) in [5.74, 6) is 0.306. The summed E-state index contributed by atoms with van der Waals surface area (Å²) in [7, 11) is -3.66. The molecule has 3 aromatic rings. The van der Waals surface area contributed by atoms with Gasteiger partial charge in [0.15, 0.2) is 5.75 Å². The molecule has 1 atom stereocenters. The lowest BCUT2D eigenvalue weighted by atomic mass is 9.96. The van der Waals surface area contributed by atoms with Crippen molar-refractivity contribution in [3.8, 4) is 11.5 Å². The molecule has 0 unspecified atom stereocenters. The largest absolute Gasteiger partial charge is 0.492 e. The second kappa shape index (κ2) is 9.52. The van der Waals surface area contributed by atoms with Gasteiger partial charge in [0.1, 0.15) is 18.9 Å². The van der Waals surface area contributed by atoms with Crippen molar-refractivity contribution in [3.63, 3.8) is 0 Å². The van der Waals surface area contributed by atoms with E-state index in [9.17, 15) is 18.3 Å². The Balaban J connectivity index is 1.15. The molecule has 186 valence electrons. The highest BCUT2D eigenvalue weighted by atomic mass is 32.2. The van der Waals surface area contributed by atoms with Crippen LogP contribution in [0.5, 0.6) is 11.5 Å². The summed E-state index contributed by atoms with van der Waals surface area (Å²) in [5, 5.41) is 15.0. The van der Waals surface area contributed by atoms with Gasteiger partial charge in [0.2, 0.25) is 10.0 Å². The van der Waals surface area contributed by atoms with E-state index in [4.69, 9.17) is 9.47 Å². The van der Waals surface area contributed by atoms with Gasteiger partial charge in [0, 0.05) is 35.8 Å². The first-order valence-electron chi connectivity index (χ1n) is 11.8. The minimum absolute atomic E-state index is 0.156. The van der Waals surface area contributed by atoms with Crippen LogP contribution in [0.3, 0.4) is 0 Å². The number of rotatable bonds is 8. The summed E-state index contributed by atoms with van der Waals surface area (Å²) in [6.45, 7) is 0.816. The minimum Gasteiger partial charge on any atom is -0.492 e. The van der Waals surface area contributed by atoms with Crippen LogP contribution >= 0.6 is 0 Å². The zero-order valence-electron chi connectivity index (χ0n) is 19.5. The normalized spacial score (nSPS) is 16.5. The van der Waals surface area contributed by atoms with Crippen LogP contribution < -0.4 is 19.1 Å². The minimum atomic E-state index is -3.66. The molecule has 3 N–H and O–H groups in total. The van der Waals surface area contributed by atoms with Crippen molar-refractivity contribution in [2.45, 2.75) is 31.8 Å². The van der Waals surface area contributed by atoms with Gasteiger partial charge < -0.3 is 24.9 Å². The summed E-state index contributed by atoms with van der Waals surface area (Å²) < 4.78 is 36.2. The standard InChI is InChI=1S/C25H29N3O6S/c1-35(31,32)28-15-25(30)34-24-9-6-16(12-22(24)28)23(29)14-26-10-11-33-17-7-8-19-18-4-2-3-5-20(18)27-21(19)13-17/h6-9,12-13,23,26-27,29H,2-5,10-11,14-15H2,1H3/t23-/m0/s1. The zero-order valence-corrected chi connectivity index (χ0v) is 20.4. The smallest absolute Gasteiger partial charge is 0.332 e. The lowest BCUT2D eigenvalue weighted by Gasteiger charge is -2.28. The maximum Gasteiger partial charge on any atom is 0.332 e. The van der Waals surface area contributed by atoms with Crippen LogP contribution in [0.15, 0.2) is 36.4 Å². The average Bonchev–Trinajstić information content (AvgIpc) is 3.20. The third kappa shape index (κ3) is 5.00. The molecule has 0 spiro atoms. The van der Waals surface area contributed by atoms with Crippen molar-refractivity contribution in [2.75, 3.05) is 36.8 Å². The molecular formula is C25H29N3O6S. The van der Waals surface area contributed by atoms with E-state index in [-0.39, 0.29) is 18.0 Å². The Labute approximate surface area is 204 Å². The van der Waals surface area contributed by atoms with Gasteiger partial charge >= 0.3 is 5.97 Å². The maximum atomic E-state index is 12.1. The molecule has 0 radical (unpaired) electrons. The van der Waals surface area contributed by atoms with E-state index in [0.29, 0.717) is 18.7 Å². The molecule has 5 rings (SSSR count). The highest BCUT2D eigenvalue weighted by Gasteiger charge is 2.31. The summed E-state index contributed by atoms with van der Waals surface area (Å²) in [5.41, 5.74) is 4.66. The van der Waals surface area contributed by atoms with E-state index in [1.165, 1.54) is 41.6 Å². The van der Waals surface area contributed by atoms with Crippen LogP contribution in [-0.2, 0) is 27.7 Å². The first kappa shape index (κ1) is 23.7. The van der Waals surface area contributed by atoms with Crippen molar-refractivity contribution in [3.05, 3.63) is 53.2 Å². The van der Waals surface area contributed by atoms with Crippen LogP contribution in [0.25, 0.3) is 10.9 Å². The van der Waals surface area contributed by atoms with E-state index in [0.717, 1.165) is 34.7 Å². The van der Waals surface area contributed by atoms with Gasteiger partial charge in [-0.1, -0.05) is 6.07 Å². The lowest BCUT2D eigenvalue weighted by molar-refractivity contribution is -0.133. The van der Waals surface area contributed by atoms with Crippen molar-refractivity contribution in [1.29, 1.82) is 0 Å². The molecule has 35 heavy (non-hydrogen) atoms. The third-order valence-corrected chi connectivity index (χ3v) is 7.61. The lowest BCUT2D eigenvalue weighted by Crippen LogP contribution is -2.40. The molecule has 0 fully saturated rings. The first-order chi connectivity index (χ1) is 16.8. The third-order valence-electron chi connectivity index (χ3n) is 6.49. The predicted octanol–water partition coefficient (Wildman–Crippen LogP) is 2.43. The van der Waals surface area contributed by atoms with Gasteiger partial charge in [-0.05, 0) is 61.1 Å². The Morgan fingerprint density at radius 2 is 2.03 bits per heavy atom. The number of hydrogen-bond donors (Lipinski definition) is 3. The van der Waals surface area contributed by atoms with Gasteiger partial charge in [-0.2, -0.15) is 0 Å². The Kier molecular flexibility index (Phi) is 6.43. The molecule has 9 nitrogen and oxygen atoms in total. The van der Waals surface area contributed by atoms with E-state index in [1.54, 1.807) is 6.07 Å². The number of carbonyl (C=O) groups is 1. The summed E-state index contributed by atoms with van der Waals surface area (Å²) in [6.07, 6.45) is 4.86. The SMILES string of the molecule is CS(=O)(=O)N1CC(=O)Oc2ccc([C@@H](O)CNCCOc3ccc4c5c([nH]c4c3)CCCC5)cc21. The summed E-state index contributed by atoms with van der Waals surface area (Å²) in [6, 6.07) is 10.8. The molecule has 10 heteroatoms. The van der Waals surface area contributed by atoms with Crippen LogP contribution in [0.1, 0.15) is 35.8 Å². The summed E-state index contributed by atoms with van der Waals surface area (Å²) in [4.78, 5) is 15.2. The molecule has 2 heterocycles. The van der Waals surface area contributed by atoms with Crippen molar-refractivity contribution in [1.82, 2.24) is 10.3 Å². The highest BCUT2D eigenvalue weighted by Crippen LogP contribution is 2.36. The van der Waals surface area contributed by atoms with Crippen molar-refractivity contribution >= 4 is 32.6 Å². The van der Waals surface area contributed by atoms with Crippen molar-refractivity contribution in [2.24, 2.45) is 0 Å². The number of esters is 1. The highest BCUT2D eigenvalue weighted by molar-refractivity contribution is 7.92. The van der Waals surface area contributed by atoms with E-state index < -0.39 is 28.6 Å². The van der Waals surface area contributed by atoms with Gasteiger partial charge in [-0.25, -0.2) is 13.2 Å². The number of aliphatic hydroxyl groups is 1. The topological polar surface area (TPSA) is 121 Å². The zero-order chi connectivity index (χ0) is 24.6. The molecule has 1 aliphatic carbocycles. The van der Waals surface area contributed by atoms with Gasteiger partial charge in [0.25, 0.3) is 0 Å². The molecule has 2 aromatic carbocycles. The number of aliphatic hydroxyl groups excluding tert-OH is 1. The number of ether oxygens (including phenoxy) is 2. The number of aromatic amines is 1. The fraction of sp³-hybridized carbons (Fsp3) is 0.400. The number of H-pyrrole nitrogens is 1. The molecule has 0 amide bonds. The molecule has 0 saturated carbocycles. The number of aryl methyl sites for hydroxylation is 2. The quantitative estimate of drug-likeness (QED) is 0.247. The van der Waals surface area contributed by atoms with Crippen LogP contribution in [0, 0.1) is 0 Å². The fourth-order valence-corrected chi connectivity index (χ4v) is 5.60. The fourth-order valence-electron chi connectivity index (χ4n) is 4.76. The van der Waals surface area contributed by atoms with Gasteiger partial charge in [-0.15, -0.1) is 0 Å². The Morgan fingerprint density at radius 3 is 2.86 bits per heavy atom. The molecule has 1 aliphatic heterocycles. The van der Waals surface area contributed by atoms with E-state index >= 15 is 0 Å². The molecular weight excluding hydrogens is 470 g/mol. The molecule has 2 aliphatic rings. The number of carbonyl (C=O) groups excluding carboxylic acids is 1. The Morgan fingerprint density at radius 1 is 1.20 bits per heavy atom. The molecule has 0 bridgehead atoms. The number of aromatic nitrogens is 1. The number of sulfonamides is 1. The monoisotopic (exact) mass is 499 g/mol. The Hall–Kier alpha value is -3.08. The average molecular weight is 500 g/mol. The predicted molar refractivity (Wildman–Crippen MR) is 133 cm³/mol.